The number of carbonyl (C=O) groups is 1. The number of benzene rings is 1. The second-order valence-electron chi connectivity index (χ2n) is 5.78. The van der Waals surface area contributed by atoms with E-state index >= 15 is 0 Å². The fourth-order valence-electron chi connectivity index (χ4n) is 2.96. The molecule has 1 saturated heterocycles. The number of H-pyrrole nitrogens is 1. The van der Waals surface area contributed by atoms with Crippen molar-refractivity contribution < 1.29 is 4.79 Å². The van der Waals surface area contributed by atoms with Gasteiger partial charge in [-0.1, -0.05) is 30.3 Å². The Hall–Kier alpha value is -2.11. The summed E-state index contributed by atoms with van der Waals surface area (Å²) in [4.78, 5) is 28.8. The first-order valence-corrected chi connectivity index (χ1v) is 7.36. The molecule has 23 heavy (non-hydrogen) atoms. The van der Waals surface area contributed by atoms with Crippen LogP contribution in [0, 0.1) is 6.92 Å². The van der Waals surface area contributed by atoms with E-state index in [1.807, 2.05) is 30.3 Å². The molecular weight excluding hydrogens is 314 g/mol. The Bertz CT molecular complexity index is 745. The smallest absolute Gasteiger partial charge is 0.260 e. The van der Waals surface area contributed by atoms with Crippen molar-refractivity contribution in [2.45, 2.75) is 18.9 Å². The van der Waals surface area contributed by atoms with Crippen molar-refractivity contribution in [2.75, 3.05) is 13.1 Å². The number of nitrogens with one attached hydrogen (secondary N) is 1. The molecule has 0 spiro atoms. The number of nitrogens with zero attached hydrogens (tertiary/aromatic N) is 1. The molecule has 6 heteroatoms. The molecule has 1 aliphatic heterocycles. The van der Waals surface area contributed by atoms with Crippen LogP contribution in [0.3, 0.4) is 0 Å². The van der Waals surface area contributed by atoms with Gasteiger partial charge in [0.05, 0.1) is 0 Å². The summed E-state index contributed by atoms with van der Waals surface area (Å²) < 4.78 is 0. The van der Waals surface area contributed by atoms with Crippen LogP contribution >= 0.6 is 12.4 Å². The number of aromatic nitrogens is 1. The molecule has 0 aliphatic carbocycles. The van der Waals surface area contributed by atoms with Crippen LogP contribution in [0.2, 0.25) is 0 Å². The van der Waals surface area contributed by atoms with Crippen molar-refractivity contribution in [3.63, 3.8) is 0 Å². The zero-order valence-corrected chi connectivity index (χ0v) is 13.7. The molecule has 1 aromatic heterocycles. The lowest BCUT2D eigenvalue weighted by molar-refractivity contribution is 0.0787. The lowest BCUT2D eigenvalue weighted by Gasteiger charge is -2.16. The number of halogens is 1. The average molecular weight is 334 g/mol. The van der Waals surface area contributed by atoms with Gasteiger partial charge in [0, 0.05) is 30.7 Å². The normalized spacial score (nSPS) is 20.2. The molecule has 1 amide bonds. The van der Waals surface area contributed by atoms with Crippen LogP contribution in [0.15, 0.2) is 47.3 Å². The monoisotopic (exact) mass is 333 g/mol. The van der Waals surface area contributed by atoms with Crippen LogP contribution in [-0.4, -0.2) is 34.9 Å². The minimum atomic E-state index is -0.346. The zero-order valence-electron chi connectivity index (χ0n) is 12.9. The predicted molar refractivity (Wildman–Crippen MR) is 92.1 cm³/mol. The maximum absolute atomic E-state index is 12.6. The van der Waals surface area contributed by atoms with Crippen LogP contribution in [0.1, 0.15) is 27.5 Å². The fourth-order valence-corrected chi connectivity index (χ4v) is 2.96. The van der Waals surface area contributed by atoms with Gasteiger partial charge in [-0.3, -0.25) is 9.59 Å². The lowest BCUT2D eigenvalue weighted by atomic mass is 9.95. The van der Waals surface area contributed by atoms with Gasteiger partial charge in [0.15, 0.2) is 0 Å². The summed E-state index contributed by atoms with van der Waals surface area (Å²) in [6.07, 6.45) is 0. The van der Waals surface area contributed by atoms with Crippen LogP contribution in [0.5, 0.6) is 0 Å². The summed E-state index contributed by atoms with van der Waals surface area (Å²) in [5, 5.41) is 0. The number of likely N-dealkylation sites (tertiary alicyclic amines) is 1. The molecule has 2 atom stereocenters. The molecule has 2 heterocycles. The second kappa shape index (κ2) is 6.98. The second-order valence-corrected chi connectivity index (χ2v) is 5.78. The fraction of sp³-hybridized carbons (Fsp3) is 0.294. The van der Waals surface area contributed by atoms with Gasteiger partial charge in [-0.15, -0.1) is 12.4 Å². The van der Waals surface area contributed by atoms with E-state index in [9.17, 15) is 9.59 Å². The van der Waals surface area contributed by atoms with Crippen molar-refractivity contribution >= 4 is 18.3 Å². The highest BCUT2D eigenvalue weighted by molar-refractivity contribution is 5.94. The number of nitrogens with two attached hydrogens (primary N) is 1. The van der Waals surface area contributed by atoms with Crippen molar-refractivity contribution in [3.05, 3.63) is 69.6 Å². The van der Waals surface area contributed by atoms with Crippen LogP contribution < -0.4 is 11.3 Å². The van der Waals surface area contributed by atoms with E-state index in [0.29, 0.717) is 13.1 Å². The van der Waals surface area contributed by atoms with Gasteiger partial charge in [0.1, 0.15) is 5.56 Å². The Labute approximate surface area is 140 Å². The zero-order chi connectivity index (χ0) is 15.7. The Balaban J connectivity index is 0.00000192. The quantitative estimate of drug-likeness (QED) is 0.877. The molecule has 3 N–H and O–H groups in total. The predicted octanol–water partition coefficient (Wildman–Crippen LogP) is 1.67. The third-order valence-corrected chi connectivity index (χ3v) is 4.17. The topological polar surface area (TPSA) is 79.2 Å². The van der Waals surface area contributed by atoms with Gasteiger partial charge in [-0.05, 0) is 24.6 Å². The highest BCUT2D eigenvalue weighted by Gasteiger charge is 2.34. The van der Waals surface area contributed by atoms with E-state index in [0.717, 1.165) is 11.3 Å². The maximum atomic E-state index is 12.6. The largest absolute Gasteiger partial charge is 0.336 e. The standard InChI is InChI=1S/C17H19N3O2.ClH/c1-11-7-8-13(16(21)19-11)17(22)20-9-14(15(18)10-20)12-5-3-2-4-6-12;/h2-8,14-15H,9-10,18H2,1H3,(H,19,21);1H/t14-,15+;/m0./s1. The first-order valence-electron chi connectivity index (χ1n) is 7.36. The molecule has 0 saturated carbocycles. The van der Waals surface area contributed by atoms with Crippen LogP contribution in [0.4, 0.5) is 0 Å². The number of hydrogen-bond acceptors (Lipinski definition) is 3. The minimum absolute atomic E-state index is 0. The summed E-state index contributed by atoms with van der Waals surface area (Å²) in [7, 11) is 0. The molecule has 0 unspecified atom stereocenters. The third-order valence-electron chi connectivity index (χ3n) is 4.17. The molecule has 2 aromatic rings. The van der Waals surface area contributed by atoms with Gasteiger partial charge in [-0.2, -0.15) is 0 Å². The maximum Gasteiger partial charge on any atom is 0.260 e. The van der Waals surface area contributed by atoms with Gasteiger partial charge >= 0.3 is 0 Å². The molecular formula is C17H20ClN3O2. The summed E-state index contributed by atoms with van der Waals surface area (Å²) in [6.45, 7) is 2.79. The van der Waals surface area contributed by atoms with E-state index in [1.165, 1.54) is 0 Å². The highest BCUT2D eigenvalue weighted by atomic mass is 35.5. The van der Waals surface area contributed by atoms with Gasteiger partial charge in [0.25, 0.3) is 11.5 Å². The molecule has 122 valence electrons. The van der Waals surface area contributed by atoms with Crippen molar-refractivity contribution in [1.82, 2.24) is 9.88 Å². The Morgan fingerprint density at radius 3 is 2.52 bits per heavy atom. The molecule has 1 aliphatic rings. The number of amides is 1. The Kier molecular flexibility index (Phi) is 5.23. The molecule has 3 rings (SSSR count). The first kappa shape index (κ1) is 17.2. The van der Waals surface area contributed by atoms with Crippen LogP contribution in [-0.2, 0) is 0 Å². The van der Waals surface area contributed by atoms with E-state index in [1.54, 1.807) is 24.0 Å². The van der Waals surface area contributed by atoms with E-state index in [-0.39, 0.29) is 41.4 Å². The molecule has 0 bridgehead atoms. The first-order chi connectivity index (χ1) is 10.6. The van der Waals surface area contributed by atoms with Gasteiger partial charge < -0.3 is 15.6 Å². The Morgan fingerprint density at radius 2 is 1.87 bits per heavy atom. The number of pyridine rings is 1. The summed E-state index contributed by atoms with van der Waals surface area (Å²) in [6, 6.07) is 13.1. The average Bonchev–Trinajstić information content (AvgIpc) is 2.89. The van der Waals surface area contributed by atoms with Crippen molar-refractivity contribution in [3.8, 4) is 0 Å². The molecule has 5 nitrogen and oxygen atoms in total. The number of aryl methyl sites for hydroxylation is 1. The molecule has 1 aromatic carbocycles. The van der Waals surface area contributed by atoms with Crippen molar-refractivity contribution in [2.24, 2.45) is 5.73 Å². The van der Waals surface area contributed by atoms with Crippen LogP contribution in [0.25, 0.3) is 0 Å². The summed E-state index contributed by atoms with van der Waals surface area (Å²) >= 11 is 0. The summed E-state index contributed by atoms with van der Waals surface area (Å²) in [5.41, 5.74) is 7.89. The third kappa shape index (κ3) is 3.46. The SMILES string of the molecule is Cc1ccc(C(=O)N2C[C@@H](N)[C@H](c3ccccc3)C2)c(=O)[nH]1.Cl. The summed E-state index contributed by atoms with van der Waals surface area (Å²) in [5.74, 6) is -0.148. The van der Waals surface area contributed by atoms with E-state index < -0.39 is 0 Å². The van der Waals surface area contributed by atoms with E-state index in [2.05, 4.69) is 4.98 Å². The number of hydrogen-bond donors (Lipinski definition) is 2. The highest BCUT2D eigenvalue weighted by Crippen LogP contribution is 2.27. The van der Waals surface area contributed by atoms with E-state index in [4.69, 9.17) is 5.73 Å². The minimum Gasteiger partial charge on any atom is -0.336 e. The lowest BCUT2D eigenvalue weighted by Crippen LogP contribution is -2.35. The number of rotatable bonds is 2. The molecule has 1 fully saturated rings. The molecule has 0 radical (unpaired) electrons. The number of aromatic amines is 1. The Morgan fingerprint density at radius 1 is 1.17 bits per heavy atom. The number of carbonyl (C=O) groups excluding carboxylic acids is 1. The van der Waals surface area contributed by atoms with Gasteiger partial charge in [-0.25, -0.2) is 0 Å². The van der Waals surface area contributed by atoms with Gasteiger partial charge in [0.2, 0.25) is 0 Å². The van der Waals surface area contributed by atoms with Crippen molar-refractivity contribution in [1.29, 1.82) is 0 Å².